The summed E-state index contributed by atoms with van der Waals surface area (Å²) in [7, 11) is 0. The van der Waals surface area contributed by atoms with Crippen LogP contribution in [0.1, 0.15) is 10.6 Å². The number of nitrogens with two attached hydrogens (primary N) is 1. The number of nitrogens with zero attached hydrogens (tertiary/aromatic N) is 2. The number of hydrogen-bond donors (Lipinski definition) is 2. The number of aromatic nitrogens is 1. The molecule has 0 radical (unpaired) electrons. The average Bonchev–Trinajstić information content (AvgIpc) is 2.96. The van der Waals surface area contributed by atoms with E-state index in [1.54, 1.807) is 11.3 Å². The summed E-state index contributed by atoms with van der Waals surface area (Å²) in [4.78, 5) is 10.2. The lowest BCUT2D eigenvalue weighted by Crippen LogP contribution is -2.22. The molecular formula is C18H19IN4S. The lowest BCUT2D eigenvalue weighted by molar-refractivity contribution is 1.05. The quantitative estimate of drug-likeness (QED) is 0.345. The Morgan fingerprint density at radius 1 is 1.08 bits per heavy atom. The molecule has 6 heteroatoms. The molecule has 1 aromatic heterocycles. The minimum atomic E-state index is 0. The highest BCUT2D eigenvalue weighted by Gasteiger charge is 2.08. The number of halogens is 1. The number of nitrogens with one attached hydrogen (secondary N) is 1. The second-order valence-corrected chi connectivity index (χ2v) is 6.17. The Labute approximate surface area is 162 Å². The third kappa shape index (κ3) is 4.78. The molecule has 4 nitrogen and oxygen atoms in total. The topological polar surface area (TPSA) is 63.3 Å². The highest BCUT2D eigenvalue weighted by Crippen LogP contribution is 2.28. The molecule has 0 aliphatic rings. The maximum Gasteiger partial charge on any atom is 0.193 e. The summed E-state index contributed by atoms with van der Waals surface area (Å²) in [5.74, 6) is 0.408. The van der Waals surface area contributed by atoms with Crippen molar-refractivity contribution in [2.24, 2.45) is 10.7 Å². The molecule has 24 heavy (non-hydrogen) atoms. The number of thiazole rings is 1. The van der Waals surface area contributed by atoms with E-state index in [1.807, 2.05) is 55.5 Å². The van der Waals surface area contributed by atoms with Crippen molar-refractivity contribution >= 4 is 47.0 Å². The van der Waals surface area contributed by atoms with E-state index in [0.29, 0.717) is 12.5 Å². The molecule has 0 aliphatic carbocycles. The summed E-state index contributed by atoms with van der Waals surface area (Å²) in [6.45, 7) is 2.54. The Balaban J connectivity index is 0.00000208. The Morgan fingerprint density at radius 3 is 2.38 bits per heavy atom. The zero-order valence-electron chi connectivity index (χ0n) is 13.3. The summed E-state index contributed by atoms with van der Waals surface area (Å²) in [6, 6.07) is 20.0. The van der Waals surface area contributed by atoms with Gasteiger partial charge in [-0.25, -0.2) is 9.98 Å². The molecule has 3 aromatic rings. The normalized spacial score (nSPS) is 11.0. The van der Waals surface area contributed by atoms with Crippen molar-refractivity contribution in [2.45, 2.75) is 13.5 Å². The maximum atomic E-state index is 5.94. The van der Waals surface area contributed by atoms with E-state index in [1.165, 1.54) is 0 Å². The molecule has 0 spiro atoms. The summed E-state index contributed by atoms with van der Waals surface area (Å²) in [5.41, 5.74) is 9.01. The van der Waals surface area contributed by atoms with Crippen LogP contribution in [0.3, 0.4) is 0 Å². The summed E-state index contributed by atoms with van der Waals surface area (Å²) < 4.78 is 0. The Morgan fingerprint density at radius 2 is 1.71 bits per heavy atom. The number of guanidine groups is 1. The fraction of sp³-hybridized carbons (Fsp3) is 0.111. The van der Waals surface area contributed by atoms with Crippen LogP contribution in [-0.4, -0.2) is 10.9 Å². The van der Waals surface area contributed by atoms with Crippen molar-refractivity contribution in [3.63, 3.8) is 0 Å². The third-order valence-electron chi connectivity index (χ3n) is 3.35. The second-order valence-electron chi connectivity index (χ2n) is 5.09. The number of anilines is 1. The van der Waals surface area contributed by atoms with Gasteiger partial charge in [0, 0.05) is 16.1 Å². The molecule has 3 N–H and O–H groups in total. The van der Waals surface area contributed by atoms with E-state index in [2.05, 4.69) is 27.4 Å². The third-order valence-corrected chi connectivity index (χ3v) is 4.54. The predicted octanol–water partition coefficient (Wildman–Crippen LogP) is 4.66. The molecular weight excluding hydrogens is 431 g/mol. The van der Waals surface area contributed by atoms with Crippen LogP contribution < -0.4 is 11.1 Å². The summed E-state index contributed by atoms with van der Waals surface area (Å²) in [6.07, 6.45) is 0. The fourth-order valence-corrected chi connectivity index (χ4v) is 3.14. The molecule has 0 fully saturated rings. The Bertz CT molecular complexity index is 800. The second kappa shape index (κ2) is 8.79. The van der Waals surface area contributed by atoms with Crippen LogP contribution in [0.2, 0.25) is 0 Å². The molecule has 1 heterocycles. The van der Waals surface area contributed by atoms with Crippen LogP contribution in [0, 0.1) is 6.92 Å². The van der Waals surface area contributed by atoms with Gasteiger partial charge < -0.3 is 11.1 Å². The first kappa shape index (κ1) is 18.4. The largest absolute Gasteiger partial charge is 0.370 e. The molecule has 0 amide bonds. The van der Waals surface area contributed by atoms with Crippen LogP contribution in [0.4, 0.5) is 5.69 Å². The average molecular weight is 450 g/mol. The van der Waals surface area contributed by atoms with Gasteiger partial charge >= 0.3 is 0 Å². The Kier molecular flexibility index (Phi) is 6.74. The lowest BCUT2D eigenvalue weighted by atomic mass is 10.2. The van der Waals surface area contributed by atoms with Gasteiger partial charge in [0.1, 0.15) is 5.01 Å². The number of rotatable bonds is 4. The molecule has 0 saturated heterocycles. The van der Waals surface area contributed by atoms with Crippen LogP contribution in [-0.2, 0) is 6.54 Å². The standard InChI is InChI=1S/C18H18N4S.HI/c1-13-16(23-17(21-13)14-8-4-2-5-9-14)12-20-18(19)22-15-10-6-3-7-11-15;/h2-11H,12H2,1H3,(H3,19,20,22);1H. The van der Waals surface area contributed by atoms with Gasteiger partial charge in [-0.05, 0) is 19.1 Å². The molecule has 0 atom stereocenters. The van der Waals surface area contributed by atoms with E-state index in [9.17, 15) is 0 Å². The van der Waals surface area contributed by atoms with Crippen molar-refractivity contribution in [1.29, 1.82) is 0 Å². The van der Waals surface area contributed by atoms with E-state index < -0.39 is 0 Å². The van der Waals surface area contributed by atoms with Gasteiger partial charge in [-0.1, -0.05) is 48.5 Å². The van der Waals surface area contributed by atoms with Crippen molar-refractivity contribution in [1.82, 2.24) is 4.98 Å². The minimum Gasteiger partial charge on any atom is -0.370 e. The first-order valence-corrected chi connectivity index (χ1v) is 8.18. The van der Waals surface area contributed by atoms with Gasteiger partial charge in [-0.15, -0.1) is 35.3 Å². The van der Waals surface area contributed by atoms with Crippen LogP contribution >= 0.6 is 35.3 Å². The predicted molar refractivity (Wildman–Crippen MR) is 113 cm³/mol. The summed E-state index contributed by atoms with van der Waals surface area (Å²) in [5, 5.41) is 4.10. The van der Waals surface area contributed by atoms with Crippen molar-refractivity contribution in [3.8, 4) is 10.6 Å². The number of aryl methyl sites for hydroxylation is 1. The van der Waals surface area contributed by atoms with E-state index in [-0.39, 0.29) is 24.0 Å². The number of para-hydroxylation sites is 1. The van der Waals surface area contributed by atoms with E-state index in [4.69, 9.17) is 5.73 Å². The highest BCUT2D eigenvalue weighted by atomic mass is 127. The first-order valence-electron chi connectivity index (χ1n) is 7.36. The zero-order chi connectivity index (χ0) is 16.1. The van der Waals surface area contributed by atoms with Gasteiger partial charge in [0.15, 0.2) is 5.96 Å². The maximum absolute atomic E-state index is 5.94. The fourth-order valence-electron chi connectivity index (χ4n) is 2.14. The van der Waals surface area contributed by atoms with Crippen molar-refractivity contribution < 1.29 is 0 Å². The first-order chi connectivity index (χ1) is 11.2. The van der Waals surface area contributed by atoms with Gasteiger partial charge in [0.25, 0.3) is 0 Å². The van der Waals surface area contributed by atoms with Crippen LogP contribution in [0.25, 0.3) is 10.6 Å². The van der Waals surface area contributed by atoms with Gasteiger partial charge in [-0.2, -0.15) is 0 Å². The zero-order valence-corrected chi connectivity index (χ0v) is 16.4. The SMILES string of the molecule is Cc1nc(-c2ccccc2)sc1CN=C(N)Nc1ccccc1.I. The number of aliphatic imine (C=N–C) groups is 1. The number of hydrogen-bond acceptors (Lipinski definition) is 3. The Hall–Kier alpha value is -1.93. The highest BCUT2D eigenvalue weighted by molar-refractivity contribution is 14.0. The van der Waals surface area contributed by atoms with Crippen LogP contribution in [0.5, 0.6) is 0 Å². The minimum absolute atomic E-state index is 0. The van der Waals surface area contributed by atoms with Crippen molar-refractivity contribution in [2.75, 3.05) is 5.32 Å². The monoisotopic (exact) mass is 450 g/mol. The van der Waals surface area contributed by atoms with Crippen LogP contribution in [0.15, 0.2) is 65.7 Å². The molecule has 2 aromatic carbocycles. The molecule has 0 saturated carbocycles. The lowest BCUT2D eigenvalue weighted by Gasteiger charge is -2.04. The molecule has 0 unspecified atom stereocenters. The molecule has 3 rings (SSSR count). The summed E-state index contributed by atoms with van der Waals surface area (Å²) >= 11 is 1.66. The molecule has 0 bridgehead atoms. The van der Waals surface area contributed by atoms with Gasteiger partial charge in [0.05, 0.1) is 12.2 Å². The number of benzene rings is 2. The van der Waals surface area contributed by atoms with E-state index in [0.717, 1.165) is 26.8 Å². The van der Waals surface area contributed by atoms with E-state index >= 15 is 0 Å². The van der Waals surface area contributed by atoms with Gasteiger partial charge in [-0.3, -0.25) is 0 Å². The van der Waals surface area contributed by atoms with Crippen molar-refractivity contribution in [3.05, 3.63) is 71.2 Å². The molecule has 124 valence electrons. The molecule has 0 aliphatic heterocycles. The van der Waals surface area contributed by atoms with Gasteiger partial charge in [0.2, 0.25) is 0 Å². The smallest absolute Gasteiger partial charge is 0.193 e.